The summed E-state index contributed by atoms with van der Waals surface area (Å²) in [6.07, 6.45) is 8.13. The Kier molecular flexibility index (Phi) is 2.61. The van der Waals surface area contributed by atoms with Gasteiger partial charge in [0.2, 0.25) is 0 Å². The van der Waals surface area contributed by atoms with Gasteiger partial charge in [-0.1, -0.05) is 25.7 Å². The molecule has 1 saturated carbocycles. The molecule has 0 aromatic rings. The number of ether oxygens (including phenoxy) is 1. The maximum absolute atomic E-state index is 6.36. The summed E-state index contributed by atoms with van der Waals surface area (Å²) in [5, 5.41) is 0. The Morgan fingerprint density at radius 3 is 2.62 bits per heavy atom. The highest BCUT2D eigenvalue weighted by atomic mass is 16.5. The first kappa shape index (κ1) is 9.47. The average molecular weight is 183 g/mol. The monoisotopic (exact) mass is 183 g/mol. The summed E-state index contributed by atoms with van der Waals surface area (Å²) in [5.74, 6) is 0.883. The van der Waals surface area contributed by atoms with Crippen LogP contribution in [0.1, 0.15) is 45.4 Å². The van der Waals surface area contributed by atoms with Crippen molar-refractivity contribution in [2.24, 2.45) is 11.7 Å². The van der Waals surface area contributed by atoms with Gasteiger partial charge in [-0.05, 0) is 25.7 Å². The van der Waals surface area contributed by atoms with Crippen LogP contribution in [0.2, 0.25) is 0 Å². The zero-order chi connectivity index (χ0) is 9.31. The molecule has 2 rings (SSSR count). The summed E-state index contributed by atoms with van der Waals surface area (Å²) in [4.78, 5) is 0. The smallest absolute Gasteiger partial charge is 0.0727 e. The van der Waals surface area contributed by atoms with Crippen LogP contribution in [0.5, 0.6) is 0 Å². The lowest BCUT2D eigenvalue weighted by atomic mass is 9.82. The molecule has 0 aromatic heterocycles. The molecule has 2 fully saturated rings. The van der Waals surface area contributed by atoms with Crippen LogP contribution < -0.4 is 5.73 Å². The minimum absolute atomic E-state index is 0.00495. The van der Waals surface area contributed by atoms with Gasteiger partial charge in [-0.3, -0.25) is 0 Å². The molecule has 0 spiro atoms. The van der Waals surface area contributed by atoms with Crippen molar-refractivity contribution in [1.82, 2.24) is 0 Å². The molecule has 13 heavy (non-hydrogen) atoms. The Hall–Kier alpha value is -0.0800. The normalized spacial score (nSPS) is 41.5. The van der Waals surface area contributed by atoms with E-state index in [1.54, 1.807) is 0 Å². The summed E-state index contributed by atoms with van der Waals surface area (Å²) in [5.41, 5.74) is 6.35. The van der Waals surface area contributed by atoms with E-state index in [-0.39, 0.29) is 11.6 Å². The molecule has 2 atom stereocenters. The fraction of sp³-hybridized carbons (Fsp3) is 1.00. The molecule has 2 N–H and O–H groups in total. The fourth-order valence-electron chi connectivity index (χ4n) is 2.81. The zero-order valence-electron chi connectivity index (χ0n) is 8.59. The lowest BCUT2D eigenvalue weighted by Crippen LogP contribution is -2.47. The third kappa shape index (κ3) is 1.89. The fourth-order valence-corrected chi connectivity index (χ4v) is 2.81. The maximum Gasteiger partial charge on any atom is 0.0727 e. The largest absolute Gasteiger partial charge is 0.377 e. The van der Waals surface area contributed by atoms with Crippen LogP contribution in [0.25, 0.3) is 0 Å². The number of hydrogen-bond acceptors (Lipinski definition) is 2. The zero-order valence-corrected chi connectivity index (χ0v) is 8.59. The van der Waals surface area contributed by atoms with Gasteiger partial charge in [0.1, 0.15) is 0 Å². The molecule has 2 heteroatoms. The van der Waals surface area contributed by atoms with E-state index in [2.05, 4.69) is 6.92 Å². The highest BCUT2D eigenvalue weighted by Gasteiger charge is 2.39. The molecule has 0 amide bonds. The van der Waals surface area contributed by atoms with E-state index in [1.807, 2.05) is 0 Å². The molecule has 2 nitrogen and oxygen atoms in total. The Morgan fingerprint density at radius 1 is 1.38 bits per heavy atom. The van der Waals surface area contributed by atoms with Crippen LogP contribution in [0, 0.1) is 5.92 Å². The highest BCUT2D eigenvalue weighted by Crippen LogP contribution is 2.36. The quantitative estimate of drug-likeness (QED) is 0.711. The lowest BCUT2D eigenvalue weighted by molar-refractivity contribution is 0.0874. The minimum atomic E-state index is -0.00495. The minimum Gasteiger partial charge on any atom is -0.377 e. The topological polar surface area (TPSA) is 35.2 Å². The molecule has 1 heterocycles. The van der Waals surface area contributed by atoms with Gasteiger partial charge >= 0.3 is 0 Å². The SMILES string of the molecule is CC1OCCC1(N)CC1CCCC1. The molecule has 1 saturated heterocycles. The van der Waals surface area contributed by atoms with Gasteiger partial charge in [0.05, 0.1) is 6.10 Å². The molecular formula is C11H21NO. The predicted molar refractivity (Wildman–Crippen MR) is 53.5 cm³/mol. The summed E-state index contributed by atoms with van der Waals surface area (Å²) < 4.78 is 5.55. The van der Waals surface area contributed by atoms with Crippen LogP contribution in [-0.4, -0.2) is 18.2 Å². The van der Waals surface area contributed by atoms with Gasteiger partial charge in [0.15, 0.2) is 0 Å². The van der Waals surface area contributed by atoms with Crippen molar-refractivity contribution in [2.45, 2.75) is 57.1 Å². The summed E-state index contributed by atoms with van der Waals surface area (Å²) in [6, 6.07) is 0. The molecular weight excluding hydrogens is 162 g/mol. The van der Waals surface area contributed by atoms with Crippen molar-refractivity contribution >= 4 is 0 Å². The second-order valence-electron chi connectivity index (χ2n) is 4.85. The van der Waals surface area contributed by atoms with Crippen LogP contribution in [0.15, 0.2) is 0 Å². The number of hydrogen-bond donors (Lipinski definition) is 1. The first-order chi connectivity index (χ1) is 6.21. The Morgan fingerprint density at radius 2 is 2.08 bits per heavy atom. The van der Waals surface area contributed by atoms with E-state index in [9.17, 15) is 0 Å². The Bertz CT molecular complexity index is 177. The van der Waals surface area contributed by atoms with Crippen molar-refractivity contribution in [3.8, 4) is 0 Å². The summed E-state index contributed by atoms with van der Waals surface area (Å²) in [6.45, 7) is 2.99. The van der Waals surface area contributed by atoms with Crippen LogP contribution in [0.3, 0.4) is 0 Å². The Labute approximate surface area is 80.8 Å². The van der Waals surface area contributed by atoms with E-state index in [4.69, 9.17) is 10.5 Å². The molecule has 2 aliphatic rings. The first-order valence-electron chi connectivity index (χ1n) is 5.61. The average Bonchev–Trinajstić information content (AvgIpc) is 2.65. The summed E-state index contributed by atoms with van der Waals surface area (Å²) >= 11 is 0. The number of rotatable bonds is 2. The third-order valence-electron chi connectivity index (χ3n) is 3.89. The highest BCUT2D eigenvalue weighted by molar-refractivity contribution is 4.96. The van der Waals surface area contributed by atoms with Crippen molar-refractivity contribution < 1.29 is 4.74 Å². The standard InChI is InChI=1S/C11H21NO/c1-9-11(12,6-7-13-9)8-10-4-2-3-5-10/h9-10H,2-8,12H2,1H3. The number of nitrogens with two attached hydrogens (primary N) is 1. The van der Waals surface area contributed by atoms with E-state index >= 15 is 0 Å². The van der Waals surface area contributed by atoms with Crippen molar-refractivity contribution in [3.63, 3.8) is 0 Å². The van der Waals surface area contributed by atoms with Crippen molar-refractivity contribution in [3.05, 3.63) is 0 Å². The maximum atomic E-state index is 6.36. The molecule has 2 unspecified atom stereocenters. The van der Waals surface area contributed by atoms with Crippen molar-refractivity contribution in [1.29, 1.82) is 0 Å². The van der Waals surface area contributed by atoms with E-state index in [0.29, 0.717) is 0 Å². The van der Waals surface area contributed by atoms with Crippen molar-refractivity contribution in [2.75, 3.05) is 6.61 Å². The lowest BCUT2D eigenvalue weighted by Gasteiger charge is -2.30. The molecule has 0 bridgehead atoms. The molecule has 1 aliphatic carbocycles. The third-order valence-corrected chi connectivity index (χ3v) is 3.89. The van der Waals surface area contributed by atoms with Gasteiger partial charge in [0.25, 0.3) is 0 Å². The van der Waals surface area contributed by atoms with Crippen LogP contribution in [-0.2, 0) is 4.74 Å². The predicted octanol–water partition coefficient (Wildman–Crippen LogP) is 2.07. The van der Waals surface area contributed by atoms with Gasteiger partial charge < -0.3 is 10.5 Å². The molecule has 0 radical (unpaired) electrons. The van der Waals surface area contributed by atoms with E-state index < -0.39 is 0 Å². The van der Waals surface area contributed by atoms with Gasteiger partial charge in [0, 0.05) is 12.1 Å². The molecule has 76 valence electrons. The molecule has 0 aromatic carbocycles. The van der Waals surface area contributed by atoms with Gasteiger partial charge in [-0.15, -0.1) is 0 Å². The Balaban J connectivity index is 1.91. The van der Waals surface area contributed by atoms with Gasteiger partial charge in [-0.2, -0.15) is 0 Å². The van der Waals surface area contributed by atoms with E-state index in [0.717, 1.165) is 18.9 Å². The second-order valence-corrected chi connectivity index (χ2v) is 4.85. The van der Waals surface area contributed by atoms with E-state index in [1.165, 1.54) is 32.1 Å². The van der Waals surface area contributed by atoms with Gasteiger partial charge in [-0.25, -0.2) is 0 Å². The second kappa shape index (κ2) is 3.58. The van der Waals surface area contributed by atoms with Crippen LogP contribution >= 0.6 is 0 Å². The van der Waals surface area contributed by atoms with Crippen LogP contribution in [0.4, 0.5) is 0 Å². The molecule has 1 aliphatic heterocycles. The first-order valence-corrected chi connectivity index (χ1v) is 5.61. The summed E-state index contributed by atoms with van der Waals surface area (Å²) in [7, 11) is 0.